The second-order valence-corrected chi connectivity index (χ2v) is 6.05. The largest absolute Gasteiger partial charge is 0.416 e. The third-order valence-electron chi connectivity index (χ3n) is 4.68. The minimum atomic E-state index is -4.36. The fraction of sp³-hybridized carbons (Fsp3) is 0.562. The number of hydrogen-bond donors (Lipinski definition) is 1. The quantitative estimate of drug-likeness (QED) is 0.841. The van der Waals surface area contributed by atoms with Gasteiger partial charge in [-0.1, -0.05) is 25.0 Å². The molecule has 5 heteroatoms. The second-order valence-electron chi connectivity index (χ2n) is 6.05. The van der Waals surface area contributed by atoms with Gasteiger partial charge in [-0.3, -0.25) is 4.79 Å². The molecule has 21 heavy (non-hydrogen) atoms. The summed E-state index contributed by atoms with van der Waals surface area (Å²) in [6.07, 6.45) is 1.10. The highest BCUT2D eigenvalue weighted by atomic mass is 19.4. The van der Waals surface area contributed by atoms with E-state index in [4.69, 9.17) is 0 Å². The monoisotopic (exact) mass is 297 g/mol. The Morgan fingerprint density at radius 1 is 1.10 bits per heavy atom. The van der Waals surface area contributed by atoms with E-state index in [1.54, 1.807) is 0 Å². The van der Waals surface area contributed by atoms with Crippen LogP contribution in [-0.2, 0) is 6.18 Å². The number of benzene rings is 1. The van der Waals surface area contributed by atoms with E-state index >= 15 is 0 Å². The first-order chi connectivity index (χ1) is 9.95. The minimum absolute atomic E-state index is 0.0851. The molecule has 1 heterocycles. The molecule has 0 spiro atoms. The number of alkyl halides is 3. The molecule has 1 saturated heterocycles. The Labute approximate surface area is 121 Å². The third kappa shape index (κ3) is 2.98. The van der Waals surface area contributed by atoms with E-state index < -0.39 is 11.7 Å². The molecule has 1 saturated carbocycles. The predicted molar refractivity (Wildman–Crippen MR) is 73.1 cm³/mol. The fourth-order valence-electron chi connectivity index (χ4n) is 3.55. The van der Waals surface area contributed by atoms with Crippen molar-refractivity contribution in [2.75, 3.05) is 0 Å². The van der Waals surface area contributed by atoms with E-state index in [1.807, 2.05) is 0 Å². The summed E-state index contributed by atoms with van der Waals surface area (Å²) in [5.74, 6) is 0.459. The number of halogens is 3. The lowest BCUT2D eigenvalue weighted by molar-refractivity contribution is -0.137. The standard InChI is InChI=1S/C16H18F3NO/c17-16(18,19)12-7-5-10(6-8-12)15(21)14-9-11-3-1-2-4-13(11)20-14/h5-8,11,13-14,20H,1-4,9H2. The number of rotatable bonds is 2. The lowest BCUT2D eigenvalue weighted by atomic mass is 9.84. The fourth-order valence-corrected chi connectivity index (χ4v) is 3.55. The maximum atomic E-state index is 12.5. The van der Waals surface area contributed by atoms with Crippen LogP contribution in [0.3, 0.4) is 0 Å². The Kier molecular flexibility index (Phi) is 3.78. The maximum absolute atomic E-state index is 12.5. The summed E-state index contributed by atoms with van der Waals surface area (Å²) in [7, 11) is 0. The summed E-state index contributed by atoms with van der Waals surface area (Å²) in [6.45, 7) is 0. The van der Waals surface area contributed by atoms with E-state index in [0.29, 0.717) is 17.5 Å². The van der Waals surface area contributed by atoms with Crippen LogP contribution in [0, 0.1) is 5.92 Å². The Bertz CT molecular complexity index is 509. The van der Waals surface area contributed by atoms with Gasteiger partial charge in [-0.05, 0) is 37.3 Å². The average molecular weight is 297 g/mol. The molecule has 2 fully saturated rings. The van der Waals surface area contributed by atoms with Gasteiger partial charge in [0.25, 0.3) is 0 Å². The number of hydrogen-bond acceptors (Lipinski definition) is 2. The third-order valence-corrected chi connectivity index (χ3v) is 4.68. The number of ketones is 1. The molecule has 3 unspecified atom stereocenters. The molecule has 2 aliphatic rings. The van der Waals surface area contributed by atoms with Gasteiger partial charge in [0.15, 0.2) is 5.78 Å². The lowest BCUT2D eigenvalue weighted by Crippen LogP contribution is -2.37. The number of carbonyl (C=O) groups excluding carboxylic acids is 1. The SMILES string of the molecule is O=C(c1ccc(C(F)(F)F)cc1)C1CC2CCCCC2N1. The molecule has 0 bridgehead atoms. The molecule has 0 aromatic heterocycles. The van der Waals surface area contributed by atoms with Gasteiger partial charge in [0.2, 0.25) is 0 Å². The van der Waals surface area contributed by atoms with Gasteiger partial charge < -0.3 is 5.32 Å². The molecule has 1 aromatic rings. The zero-order valence-electron chi connectivity index (χ0n) is 11.6. The molecule has 1 aromatic carbocycles. The van der Waals surface area contributed by atoms with Crippen molar-refractivity contribution in [2.24, 2.45) is 5.92 Å². The highest BCUT2D eigenvalue weighted by Gasteiger charge is 2.38. The molecule has 1 aliphatic heterocycles. The highest BCUT2D eigenvalue weighted by Crippen LogP contribution is 2.34. The van der Waals surface area contributed by atoms with Crippen molar-refractivity contribution in [3.05, 3.63) is 35.4 Å². The van der Waals surface area contributed by atoms with E-state index in [1.165, 1.54) is 25.0 Å². The molecule has 2 nitrogen and oxygen atoms in total. The van der Waals surface area contributed by atoms with Crippen LogP contribution in [-0.4, -0.2) is 17.9 Å². The zero-order chi connectivity index (χ0) is 15.0. The number of nitrogens with one attached hydrogen (secondary N) is 1. The van der Waals surface area contributed by atoms with Crippen LogP contribution < -0.4 is 5.32 Å². The van der Waals surface area contributed by atoms with E-state index in [0.717, 1.165) is 31.4 Å². The molecule has 1 N–H and O–H groups in total. The maximum Gasteiger partial charge on any atom is 0.416 e. The molecular formula is C16H18F3NO. The van der Waals surface area contributed by atoms with E-state index in [9.17, 15) is 18.0 Å². The molecule has 0 radical (unpaired) electrons. The number of fused-ring (bicyclic) bond motifs is 1. The smallest absolute Gasteiger partial charge is 0.304 e. The molecule has 114 valence electrons. The van der Waals surface area contributed by atoms with Crippen molar-refractivity contribution in [3.63, 3.8) is 0 Å². The normalized spacial score (nSPS) is 29.2. The van der Waals surface area contributed by atoms with Crippen molar-refractivity contribution >= 4 is 5.78 Å². The van der Waals surface area contributed by atoms with Gasteiger partial charge in [-0.25, -0.2) is 0 Å². The summed E-state index contributed by atoms with van der Waals surface area (Å²) in [5.41, 5.74) is -0.355. The van der Waals surface area contributed by atoms with Gasteiger partial charge in [-0.2, -0.15) is 13.2 Å². The Hall–Kier alpha value is -1.36. The van der Waals surface area contributed by atoms with E-state index in [-0.39, 0.29) is 11.8 Å². The van der Waals surface area contributed by atoms with Crippen molar-refractivity contribution < 1.29 is 18.0 Å². The first-order valence-corrected chi connectivity index (χ1v) is 7.42. The van der Waals surface area contributed by atoms with Gasteiger partial charge in [0.1, 0.15) is 0 Å². The van der Waals surface area contributed by atoms with Crippen LogP contribution in [0.2, 0.25) is 0 Å². The summed E-state index contributed by atoms with van der Waals surface area (Å²) in [6, 6.07) is 4.70. The Morgan fingerprint density at radius 2 is 1.76 bits per heavy atom. The lowest BCUT2D eigenvalue weighted by Gasteiger charge is -2.24. The summed E-state index contributed by atoms with van der Waals surface area (Å²) in [4.78, 5) is 12.4. The predicted octanol–water partition coefficient (Wildman–Crippen LogP) is 3.81. The van der Waals surface area contributed by atoms with Gasteiger partial charge >= 0.3 is 6.18 Å². The first kappa shape index (κ1) is 14.6. The summed E-state index contributed by atoms with van der Waals surface area (Å²) in [5, 5.41) is 3.36. The first-order valence-electron chi connectivity index (χ1n) is 7.42. The van der Waals surface area contributed by atoms with Gasteiger partial charge in [-0.15, -0.1) is 0 Å². The molecular weight excluding hydrogens is 279 g/mol. The van der Waals surface area contributed by atoms with Crippen LogP contribution in [0.5, 0.6) is 0 Å². The average Bonchev–Trinajstić information content (AvgIpc) is 2.89. The highest BCUT2D eigenvalue weighted by molar-refractivity contribution is 6.00. The molecule has 1 aliphatic carbocycles. The number of carbonyl (C=O) groups is 1. The zero-order valence-corrected chi connectivity index (χ0v) is 11.6. The minimum Gasteiger partial charge on any atom is -0.304 e. The Balaban J connectivity index is 1.71. The van der Waals surface area contributed by atoms with Crippen LogP contribution in [0.4, 0.5) is 13.2 Å². The van der Waals surface area contributed by atoms with Crippen LogP contribution in [0.15, 0.2) is 24.3 Å². The molecule has 0 amide bonds. The second kappa shape index (κ2) is 5.44. The summed E-state index contributed by atoms with van der Waals surface area (Å²) < 4.78 is 37.6. The van der Waals surface area contributed by atoms with Crippen LogP contribution in [0.25, 0.3) is 0 Å². The van der Waals surface area contributed by atoms with Crippen molar-refractivity contribution in [1.29, 1.82) is 0 Å². The Morgan fingerprint density at radius 3 is 2.38 bits per heavy atom. The van der Waals surface area contributed by atoms with Crippen molar-refractivity contribution in [2.45, 2.75) is 50.4 Å². The van der Waals surface area contributed by atoms with E-state index in [2.05, 4.69) is 5.32 Å². The van der Waals surface area contributed by atoms with Crippen molar-refractivity contribution in [1.82, 2.24) is 5.32 Å². The van der Waals surface area contributed by atoms with Gasteiger partial charge in [0.05, 0.1) is 11.6 Å². The molecule has 3 atom stereocenters. The summed E-state index contributed by atoms with van der Waals surface area (Å²) >= 11 is 0. The van der Waals surface area contributed by atoms with Crippen LogP contribution >= 0.6 is 0 Å². The molecule has 3 rings (SSSR count). The van der Waals surface area contributed by atoms with Crippen LogP contribution in [0.1, 0.15) is 48.0 Å². The van der Waals surface area contributed by atoms with Gasteiger partial charge in [0, 0.05) is 11.6 Å². The number of Topliss-reactive ketones (excluding diaryl/α,β-unsaturated/α-hetero) is 1. The van der Waals surface area contributed by atoms with Crippen molar-refractivity contribution in [3.8, 4) is 0 Å². The topological polar surface area (TPSA) is 29.1 Å².